The third kappa shape index (κ3) is 3.05. The average Bonchev–Trinajstić information content (AvgIpc) is 3.69. The summed E-state index contributed by atoms with van der Waals surface area (Å²) in [7, 11) is 0. The van der Waals surface area contributed by atoms with Crippen LogP contribution < -0.4 is 14.8 Å². The number of fused-ring (bicyclic) bond motifs is 4. The molecule has 3 aromatic carbocycles. The van der Waals surface area contributed by atoms with Gasteiger partial charge in [-0.05, 0) is 55.2 Å². The highest BCUT2D eigenvalue weighted by Crippen LogP contribution is 2.49. The number of nitrogens with zero attached hydrogens (tertiary/aromatic N) is 4. The van der Waals surface area contributed by atoms with Crippen molar-refractivity contribution >= 4 is 16.9 Å². The molecule has 7 heteroatoms. The van der Waals surface area contributed by atoms with Crippen LogP contribution in [-0.2, 0) is 12.2 Å². The number of aromatic nitrogens is 3. The topological polar surface area (TPSA) is 64.4 Å². The molecule has 0 radical (unpaired) electrons. The van der Waals surface area contributed by atoms with Crippen molar-refractivity contribution in [1.82, 2.24) is 19.7 Å². The molecule has 5 heterocycles. The van der Waals surface area contributed by atoms with Gasteiger partial charge in [0.25, 0.3) is 0 Å². The monoisotopic (exact) mass is 501 g/mol. The fourth-order valence-electron chi connectivity index (χ4n) is 6.46. The maximum Gasteiger partial charge on any atom is 0.231 e. The SMILES string of the molecule is Cc1nn(-c2ccccc2)c2nc3c(c(-c4ccc5c(c4)OCO5)c12)CN1CCCC1(c1ccccc1)N3. The highest BCUT2D eigenvalue weighted by molar-refractivity contribution is 6.00. The zero-order valence-corrected chi connectivity index (χ0v) is 21.1. The molecule has 38 heavy (non-hydrogen) atoms. The molecule has 2 aromatic heterocycles. The van der Waals surface area contributed by atoms with Crippen molar-refractivity contribution in [2.75, 3.05) is 18.7 Å². The molecule has 8 rings (SSSR count). The first kappa shape index (κ1) is 21.7. The second kappa shape index (κ2) is 8.07. The molecule has 0 bridgehead atoms. The van der Waals surface area contributed by atoms with Crippen molar-refractivity contribution in [2.45, 2.75) is 32.0 Å². The summed E-state index contributed by atoms with van der Waals surface area (Å²) < 4.78 is 13.4. The number of benzene rings is 3. The summed E-state index contributed by atoms with van der Waals surface area (Å²) in [5, 5.41) is 10.0. The predicted octanol–water partition coefficient (Wildman–Crippen LogP) is 6.00. The first-order valence-electron chi connectivity index (χ1n) is 13.2. The molecule has 0 spiro atoms. The third-order valence-corrected chi connectivity index (χ3v) is 8.19. The Hall–Kier alpha value is -4.36. The maximum absolute atomic E-state index is 5.78. The van der Waals surface area contributed by atoms with Crippen LogP contribution in [0.2, 0.25) is 0 Å². The quantitative estimate of drug-likeness (QED) is 0.327. The first-order chi connectivity index (χ1) is 18.7. The molecule has 0 aliphatic carbocycles. The Morgan fingerprint density at radius 2 is 1.71 bits per heavy atom. The summed E-state index contributed by atoms with van der Waals surface area (Å²) in [6.45, 7) is 4.16. The van der Waals surface area contributed by atoms with Crippen LogP contribution in [0.15, 0.2) is 78.9 Å². The van der Waals surface area contributed by atoms with Crippen molar-refractivity contribution < 1.29 is 9.47 Å². The lowest BCUT2D eigenvalue weighted by molar-refractivity contribution is 0.146. The predicted molar refractivity (Wildman–Crippen MR) is 147 cm³/mol. The second-order valence-corrected chi connectivity index (χ2v) is 10.3. The number of aryl methyl sites for hydroxylation is 1. The fourth-order valence-corrected chi connectivity index (χ4v) is 6.46. The molecule has 7 nitrogen and oxygen atoms in total. The molecular formula is C31H27N5O2. The normalized spacial score (nSPS) is 19.8. The summed E-state index contributed by atoms with van der Waals surface area (Å²) in [4.78, 5) is 7.88. The number of ether oxygens (including phenoxy) is 2. The van der Waals surface area contributed by atoms with Crippen LogP contribution in [0.25, 0.3) is 27.8 Å². The van der Waals surface area contributed by atoms with Gasteiger partial charge in [-0.1, -0.05) is 54.6 Å². The Bertz CT molecular complexity index is 1700. The minimum absolute atomic E-state index is 0.253. The minimum Gasteiger partial charge on any atom is -0.454 e. The number of rotatable bonds is 3. The van der Waals surface area contributed by atoms with Gasteiger partial charge in [-0.15, -0.1) is 0 Å². The van der Waals surface area contributed by atoms with E-state index in [9.17, 15) is 0 Å². The van der Waals surface area contributed by atoms with Crippen molar-refractivity contribution in [1.29, 1.82) is 0 Å². The lowest BCUT2D eigenvalue weighted by Crippen LogP contribution is -2.50. The number of pyridine rings is 1. The number of nitrogens with one attached hydrogen (secondary N) is 1. The van der Waals surface area contributed by atoms with Gasteiger partial charge in [-0.25, -0.2) is 9.67 Å². The van der Waals surface area contributed by atoms with Crippen LogP contribution in [0.1, 0.15) is 29.7 Å². The number of hydrogen-bond acceptors (Lipinski definition) is 6. The van der Waals surface area contributed by atoms with Gasteiger partial charge in [0.1, 0.15) is 11.5 Å². The highest BCUT2D eigenvalue weighted by Gasteiger charge is 2.47. The van der Waals surface area contributed by atoms with E-state index in [1.807, 2.05) is 28.9 Å². The van der Waals surface area contributed by atoms with Gasteiger partial charge in [-0.2, -0.15) is 5.10 Å². The summed E-state index contributed by atoms with van der Waals surface area (Å²) >= 11 is 0. The van der Waals surface area contributed by atoms with Gasteiger partial charge in [0.15, 0.2) is 17.1 Å². The molecular weight excluding hydrogens is 474 g/mol. The third-order valence-electron chi connectivity index (χ3n) is 8.19. The van der Waals surface area contributed by atoms with Crippen molar-refractivity contribution in [3.8, 4) is 28.3 Å². The van der Waals surface area contributed by atoms with E-state index >= 15 is 0 Å². The molecule has 1 atom stereocenters. The smallest absolute Gasteiger partial charge is 0.231 e. The van der Waals surface area contributed by atoms with Crippen LogP contribution >= 0.6 is 0 Å². The minimum atomic E-state index is -0.270. The van der Waals surface area contributed by atoms with Crippen molar-refractivity contribution in [3.63, 3.8) is 0 Å². The summed E-state index contributed by atoms with van der Waals surface area (Å²) in [6.07, 6.45) is 2.16. The number of hydrogen-bond donors (Lipinski definition) is 1. The van der Waals surface area contributed by atoms with Gasteiger partial charge in [0.05, 0.1) is 16.8 Å². The lowest BCUT2D eigenvalue weighted by Gasteiger charge is -2.45. The molecule has 1 unspecified atom stereocenters. The van der Waals surface area contributed by atoms with Gasteiger partial charge in [0.2, 0.25) is 6.79 Å². The van der Waals surface area contributed by atoms with Crippen LogP contribution in [0.3, 0.4) is 0 Å². The Morgan fingerprint density at radius 1 is 0.921 bits per heavy atom. The number of para-hydroxylation sites is 1. The summed E-state index contributed by atoms with van der Waals surface area (Å²) in [6, 6.07) is 27.3. The Kier molecular flexibility index (Phi) is 4.61. The van der Waals surface area contributed by atoms with E-state index in [1.54, 1.807) is 0 Å². The maximum atomic E-state index is 5.78. The van der Waals surface area contributed by atoms with E-state index in [1.165, 1.54) is 11.1 Å². The van der Waals surface area contributed by atoms with Crippen molar-refractivity contribution in [2.24, 2.45) is 0 Å². The second-order valence-electron chi connectivity index (χ2n) is 10.3. The van der Waals surface area contributed by atoms with E-state index < -0.39 is 0 Å². The Morgan fingerprint density at radius 3 is 2.55 bits per heavy atom. The van der Waals surface area contributed by atoms with E-state index in [4.69, 9.17) is 19.6 Å². The van der Waals surface area contributed by atoms with E-state index in [2.05, 4.69) is 71.7 Å². The first-order valence-corrected chi connectivity index (χ1v) is 13.2. The van der Waals surface area contributed by atoms with Gasteiger partial charge in [0, 0.05) is 24.2 Å². The highest BCUT2D eigenvalue weighted by atomic mass is 16.7. The molecule has 3 aliphatic rings. The van der Waals surface area contributed by atoms with Crippen LogP contribution in [0.4, 0.5) is 5.82 Å². The largest absolute Gasteiger partial charge is 0.454 e. The molecule has 3 aliphatic heterocycles. The molecule has 1 N–H and O–H groups in total. The zero-order chi connectivity index (χ0) is 25.3. The van der Waals surface area contributed by atoms with E-state index in [0.29, 0.717) is 0 Å². The fraction of sp³-hybridized carbons (Fsp3) is 0.226. The summed E-state index contributed by atoms with van der Waals surface area (Å²) in [5.41, 5.74) is 7.24. The van der Waals surface area contributed by atoms with Crippen molar-refractivity contribution in [3.05, 3.63) is 95.7 Å². The molecule has 1 fully saturated rings. The standard InChI is InChI=1S/C31H27N5O2/c1-20-27-28(21-13-14-25-26(17-21)38-19-37-25)24-18-35-16-8-15-31(35,22-9-4-2-5-10-22)33-29(24)32-30(27)36(34-20)23-11-6-3-7-12-23/h2-7,9-14,17H,8,15-16,18-19H2,1H3,(H,32,33). The average molecular weight is 502 g/mol. The van der Waals surface area contributed by atoms with Gasteiger partial charge < -0.3 is 14.8 Å². The van der Waals surface area contributed by atoms with E-state index in [-0.39, 0.29) is 12.5 Å². The van der Waals surface area contributed by atoms with E-state index in [0.717, 1.165) is 76.8 Å². The summed E-state index contributed by atoms with van der Waals surface area (Å²) in [5.74, 6) is 2.48. The van der Waals surface area contributed by atoms with Crippen LogP contribution in [0, 0.1) is 6.92 Å². The van der Waals surface area contributed by atoms with Gasteiger partial charge >= 0.3 is 0 Å². The Labute approximate surface area is 220 Å². The molecule has 0 saturated carbocycles. The van der Waals surface area contributed by atoms with Gasteiger partial charge in [-0.3, -0.25) is 4.90 Å². The number of anilines is 1. The molecule has 188 valence electrons. The molecule has 1 saturated heterocycles. The zero-order valence-electron chi connectivity index (χ0n) is 21.1. The Balaban J connectivity index is 1.41. The van der Waals surface area contributed by atoms with Crippen LogP contribution in [-0.4, -0.2) is 33.0 Å². The molecule has 5 aromatic rings. The lowest BCUT2D eigenvalue weighted by atomic mass is 9.90. The van der Waals surface area contributed by atoms with Crippen LogP contribution in [0.5, 0.6) is 11.5 Å². The molecule has 0 amide bonds.